The molecular formula is C19H24N8O6S2. The fourth-order valence-electron chi connectivity index (χ4n) is 3.25. The smallest absolute Gasteiger partial charge is 0.430 e. The summed E-state index contributed by atoms with van der Waals surface area (Å²) in [5, 5.41) is 20.6. The summed E-state index contributed by atoms with van der Waals surface area (Å²) in [7, 11) is 0. The summed E-state index contributed by atoms with van der Waals surface area (Å²) in [6.45, 7) is 2.14. The van der Waals surface area contributed by atoms with E-state index in [1.165, 1.54) is 24.3 Å². The molecule has 0 spiro atoms. The number of nitro groups is 1. The second-order valence-corrected chi connectivity index (χ2v) is 10.2. The lowest BCUT2D eigenvalue weighted by Gasteiger charge is -2.41. The molecule has 1 aromatic carbocycles. The third-order valence-corrected chi connectivity index (χ3v) is 7.70. The van der Waals surface area contributed by atoms with Crippen LogP contribution < -0.4 is 5.32 Å². The summed E-state index contributed by atoms with van der Waals surface area (Å²) in [6, 6.07) is 5.33. The summed E-state index contributed by atoms with van der Waals surface area (Å²) >= 11 is 3.14. The summed E-state index contributed by atoms with van der Waals surface area (Å²) in [5.41, 5.74) is 17.3. The van der Waals surface area contributed by atoms with E-state index in [0.29, 0.717) is 36.6 Å². The van der Waals surface area contributed by atoms with E-state index >= 15 is 0 Å². The zero-order valence-corrected chi connectivity index (χ0v) is 20.4. The largest absolute Gasteiger partial charge is 0.508 e. The molecule has 0 bridgehead atoms. The Balaban J connectivity index is 1.86. The van der Waals surface area contributed by atoms with Crippen LogP contribution in [0, 0.1) is 16.0 Å². The Morgan fingerprint density at radius 3 is 2.31 bits per heavy atom. The van der Waals surface area contributed by atoms with Crippen LogP contribution in [-0.2, 0) is 20.9 Å². The summed E-state index contributed by atoms with van der Waals surface area (Å²) in [6.07, 6.45) is -1.11. The van der Waals surface area contributed by atoms with Crippen molar-refractivity contribution in [3.63, 3.8) is 0 Å². The summed E-state index contributed by atoms with van der Waals surface area (Å²) in [4.78, 5) is 39.9. The molecule has 1 N–H and O–H groups in total. The minimum atomic E-state index is -0.946. The van der Waals surface area contributed by atoms with Gasteiger partial charge in [-0.25, -0.2) is 4.79 Å². The second kappa shape index (κ2) is 14.8. The van der Waals surface area contributed by atoms with Gasteiger partial charge in [0.25, 0.3) is 5.69 Å². The molecule has 1 saturated heterocycles. The highest BCUT2D eigenvalue weighted by Crippen LogP contribution is 2.34. The van der Waals surface area contributed by atoms with Gasteiger partial charge < -0.3 is 14.8 Å². The number of azide groups is 2. The maximum atomic E-state index is 12.2. The number of hydrogen-bond donors (Lipinski definition) is 1. The predicted molar refractivity (Wildman–Crippen MR) is 131 cm³/mol. The van der Waals surface area contributed by atoms with Gasteiger partial charge in [-0.1, -0.05) is 10.2 Å². The SMILES string of the molecule is CC(OC(=O)OCc1ccc([N+](=O)[O-])cc1)[C@@H]1C(=O)N[C@H]1CC(SCCN=[N+]=[N-])SCCN=[N+]=[N-]. The molecule has 1 aliphatic heterocycles. The quantitative estimate of drug-likeness (QED) is 0.0395. The van der Waals surface area contributed by atoms with Crippen LogP contribution in [0.4, 0.5) is 10.5 Å². The molecular weight excluding hydrogens is 500 g/mol. The Kier molecular flexibility index (Phi) is 11.8. The predicted octanol–water partition coefficient (Wildman–Crippen LogP) is 4.55. The van der Waals surface area contributed by atoms with Gasteiger partial charge in [0.2, 0.25) is 5.91 Å². The highest BCUT2D eigenvalue weighted by Gasteiger charge is 2.45. The molecule has 35 heavy (non-hydrogen) atoms. The Morgan fingerprint density at radius 1 is 1.20 bits per heavy atom. The molecule has 1 unspecified atom stereocenters. The van der Waals surface area contributed by atoms with Crippen LogP contribution in [0.3, 0.4) is 0 Å². The van der Waals surface area contributed by atoms with Crippen molar-refractivity contribution in [1.29, 1.82) is 0 Å². The van der Waals surface area contributed by atoms with Crippen LogP contribution in [-0.4, -0.2) is 58.3 Å². The summed E-state index contributed by atoms with van der Waals surface area (Å²) in [5.74, 6) is 0.396. The molecule has 3 atom stereocenters. The lowest BCUT2D eigenvalue weighted by Crippen LogP contribution is -2.63. The van der Waals surface area contributed by atoms with Crippen LogP contribution in [0.15, 0.2) is 34.5 Å². The average Bonchev–Trinajstić information content (AvgIpc) is 2.82. The molecule has 1 heterocycles. The molecule has 1 fully saturated rings. The third-order valence-electron chi connectivity index (χ3n) is 4.92. The van der Waals surface area contributed by atoms with Crippen molar-refractivity contribution in [2.45, 2.75) is 36.7 Å². The van der Waals surface area contributed by atoms with Crippen LogP contribution >= 0.6 is 23.5 Å². The topological polar surface area (TPSA) is 205 Å². The van der Waals surface area contributed by atoms with Crippen molar-refractivity contribution in [2.75, 3.05) is 24.6 Å². The number of β-lactam (4-membered cyclic amide) rings is 1. The first-order valence-electron chi connectivity index (χ1n) is 10.5. The van der Waals surface area contributed by atoms with Gasteiger partial charge in [-0.2, -0.15) is 0 Å². The fourth-order valence-corrected chi connectivity index (χ4v) is 5.80. The molecule has 1 aromatic rings. The monoisotopic (exact) mass is 524 g/mol. The molecule has 0 aliphatic carbocycles. The van der Waals surface area contributed by atoms with E-state index in [-0.39, 0.29) is 28.8 Å². The number of rotatable bonds is 15. The molecule has 14 nitrogen and oxygen atoms in total. The maximum Gasteiger partial charge on any atom is 0.508 e. The zero-order valence-electron chi connectivity index (χ0n) is 18.8. The third kappa shape index (κ3) is 9.45. The lowest BCUT2D eigenvalue weighted by molar-refractivity contribution is -0.384. The van der Waals surface area contributed by atoms with E-state index in [4.69, 9.17) is 20.5 Å². The molecule has 1 aliphatic rings. The number of nitrogens with one attached hydrogen (secondary N) is 1. The van der Waals surface area contributed by atoms with Gasteiger partial charge in [-0.3, -0.25) is 14.9 Å². The number of nitro benzene ring substituents is 1. The standard InChI is InChI=1S/C19H24N8O6S2/c1-12(33-19(29)32-11-13-2-4-14(5-3-13)27(30)31)17-15(24-18(17)28)10-16(34-8-6-22-25-20)35-9-7-23-26-21/h2-5,12,15-17H,6-11H2,1H3,(H,24,28)/t12?,15-,17-/m0/s1. The van der Waals surface area contributed by atoms with Gasteiger partial charge in [-0.05, 0) is 53.6 Å². The van der Waals surface area contributed by atoms with Crippen molar-refractivity contribution >= 4 is 41.3 Å². The minimum absolute atomic E-state index is 0.0344. The van der Waals surface area contributed by atoms with Crippen molar-refractivity contribution in [1.82, 2.24) is 5.32 Å². The average molecular weight is 525 g/mol. The number of ether oxygens (including phenoxy) is 2. The Bertz CT molecular complexity index is 960. The van der Waals surface area contributed by atoms with Gasteiger partial charge in [0, 0.05) is 41.1 Å². The van der Waals surface area contributed by atoms with Crippen molar-refractivity contribution in [3.8, 4) is 0 Å². The van der Waals surface area contributed by atoms with Gasteiger partial charge >= 0.3 is 6.16 Å². The Morgan fingerprint density at radius 2 is 1.80 bits per heavy atom. The number of amides is 1. The molecule has 16 heteroatoms. The van der Waals surface area contributed by atoms with E-state index in [1.807, 2.05) is 0 Å². The van der Waals surface area contributed by atoms with E-state index < -0.39 is 23.1 Å². The van der Waals surface area contributed by atoms with Crippen molar-refractivity contribution < 1.29 is 24.0 Å². The van der Waals surface area contributed by atoms with Gasteiger partial charge in [-0.15, -0.1) is 23.5 Å². The van der Waals surface area contributed by atoms with Crippen molar-refractivity contribution in [3.05, 3.63) is 60.8 Å². The lowest BCUT2D eigenvalue weighted by atomic mass is 9.84. The van der Waals surface area contributed by atoms with E-state index in [1.54, 1.807) is 30.4 Å². The fraction of sp³-hybridized carbons (Fsp3) is 0.579. The van der Waals surface area contributed by atoms with E-state index in [0.717, 1.165) is 0 Å². The molecule has 0 radical (unpaired) electrons. The number of carbonyl (C=O) groups is 2. The molecule has 0 aromatic heterocycles. The maximum absolute atomic E-state index is 12.2. The van der Waals surface area contributed by atoms with Crippen LogP contribution in [0.1, 0.15) is 18.9 Å². The number of non-ortho nitro benzene ring substituents is 1. The molecule has 2 rings (SSSR count). The number of nitrogens with zero attached hydrogens (tertiary/aromatic N) is 7. The molecule has 1 amide bonds. The first-order chi connectivity index (χ1) is 16.8. The molecule has 0 saturated carbocycles. The Labute approximate surface area is 208 Å². The Hall–Kier alpha value is -3.32. The highest BCUT2D eigenvalue weighted by molar-refractivity contribution is 8.17. The normalized spacial score (nSPS) is 18.0. The van der Waals surface area contributed by atoms with E-state index in [2.05, 4.69) is 25.4 Å². The van der Waals surface area contributed by atoms with Crippen molar-refractivity contribution in [2.24, 2.45) is 16.1 Å². The van der Waals surface area contributed by atoms with Crippen LogP contribution in [0.25, 0.3) is 20.9 Å². The minimum Gasteiger partial charge on any atom is -0.430 e. The van der Waals surface area contributed by atoms with Gasteiger partial charge in [0.05, 0.1) is 15.4 Å². The zero-order chi connectivity index (χ0) is 25.6. The highest BCUT2D eigenvalue weighted by atomic mass is 32.2. The number of carbonyl (C=O) groups excluding carboxylic acids is 2. The van der Waals surface area contributed by atoms with Gasteiger partial charge in [0.1, 0.15) is 12.7 Å². The number of thioether (sulfide) groups is 2. The first-order valence-corrected chi connectivity index (χ1v) is 12.6. The second-order valence-electron chi connectivity index (χ2n) is 7.24. The first kappa shape index (κ1) is 27.9. The molecule has 188 valence electrons. The number of benzene rings is 1. The van der Waals surface area contributed by atoms with E-state index in [9.17, 15) is 19.7 Å². The number of hydrogen-bond acceptors (Lipinski definition) is 10. The van der Waals surface area contributed by atoms with Crippen LogP contribution in [0.5, 0.6) is 0 Å². The van der Waals surface area contributed by atoms with Crippen LogP contribution in [0.2, 0.25) is 0 Å². The van der Waals surface area contributed by atoms with Gasteiger partial charge in [0.15, 0.2) is 0 Å². The summed E-state index contributed by atoms with van der Waals surface area (Å²) < 4.78 is 10.4.